The van der Waals surface area contributed by atoms with Crippen LogP contribution in [0.3, 0.4) is 0 Å². The minimum Gasteiger partial charge on any atom is -0.295 e. The highest BCUT2D eigenvalue weighted by Gasteiger charge is 2.15. The summed E-state index contributed by atoms with van der Waals surface area (Å²) in [5.74, 6) is 0.406. The second-order valence-electron chi connectivity index (χ2n) is 4.68. The Labute approximate surface area is 139 Å². The van der Waals surface area contributed by atoms with E-state index in [2.05, 4.69) is 20.9 Å². The van der Waals surface area contributed by atoms with Gasteiger partial charge in [-0.25, -0.2) is 9.37 Å². The largest absolute Gasteiger partial charge is 0.295 e. The number of rotatable bonds is 2. The smallest absolute Gasteiger partial charge is 0.144 e. The molecule has 0 radical (unpaired) electrons. The lowest BCUT2D eigenvalue weighted by Crippen LogP contribution is -2.01. The Balaban J connectivity index is 2.37. The highest BCUT2D eigenvalue weighted by atomic mass is 79.9. The number of hydrogen-bond acceptors (Lipinski definition) is 1. The van der Waals surface area contributed by atoms with Crippen molar-refractivity contribution in [2.75, 3.05) is 0 Å². The third kappa shape index (κ3) is 2.56. The first kappa shape index (κ1) is 14.8. The molecule has 3 aromatic rings. The van der Waals surface area contributed by atoms with E-state index in [0.717, 1.165) is 15.7 Å². The van der Waals surface area contributed by atoms with Crippen LogP contribution < -0.4 is 0 Å². The molecule has 1 heterocycles. The van der Waals surface area contributed by atoms with Crippen molar-refractivity contribution in [2.45, 2.75) is 12.8 Å². The van der Waals surface area contributed by atoms with Gasteiger partial charge in [0.25, 0.3) is 0 Å². The fourth-order valence-electron chi connectivity index (χ4n) is 2.35. The summed E-state index contributed by atoms with van der Waals surface area (Å²) in [6, 6.07) is 8.78. The topological polar surface area (TPSA) is 17.8 Å². The number of imidazole rings is 1. The summed E-state index contributed by atoms with van der Waals surface area (Å²) in [5.41, 5.74) is 3.22. The molecule has 0 atom stereocenters. The van der Waals surface area contributed by atoms with E-state index in [0.29, 0.717) is 16.9 Å². The number of aromatic nitrogens is 2. The molecule has 1 aromatic heterocycles. The molecule has 2 nitrogen and oxygen atoms in total. The zero-order valence-corrected chi connectivity index (χ0v) is 14.1. The molecule has 6 heteroatoms. The summed E-state index contributed by atoms with van der Waals surface area (Å²) in [5, 5.41) is 0.0563. The van der Waals surface area contributed by atoms with Crippen LogP contribution in [0.1, 0.15) is 11.4 Å². The first-order valence-corrected chi connectivity index (χ1v) is 7.90. The monoisotopic (exact) mass is 386 g/mol. The van der Waals surface area contributed by atoms with Crippen molar-refractivity contribution in [2.24, 2.45) is 0 Å². The minimum atomic E-state index is -0.471. The molecular weight excluding hydrogens is 378 g/mol. The van der Waals surface area contributed by atoms with Gasteiger partial charge in [-0.15, -0.1) is 11.6 Å². The Morgan fingerprint density at radius 2 is 2.05 bits per heavy atom. The van der Waals surface area contributed by atoms with Crippen molar-refractivity contribution in [1.29, 1.82) is 0 Å². The van der Waals surface area contributed by atoms with Crippen LogP contribution in [0.25, 0.3) is 16.7 Å². The second kappa shape index (κ2) is 5.59. The molecule has 21 heavy (non-hydrogen) atoms. The van der Waals surface area contributed by atoms with Crippen LogP contribution in [-0.4, -0.2) is 9.55 Å². The molecule has 0 saturated carbocycles. The number of nitrogens with zero attached hydrogens (tertiary/aromatic N) is 2. The van der Waals surface area contributed by atoms with Crippen LogP contribution >= 0.6 is 39.1 Å². The standard InChI is InChI=1S/C15H10BrCl2FN2/c1-8-4-9(16)2-3-13(8)21-14-6-11(19)10(18)5-12(14)20-15(21)7-17/h2-6H,7H2,1H3. The fraction of sp³-hybridized carbons (Fsp3) is 0.133. The van der Waals surface area contributed by atoms with Crippen molar-refractivity contribution in [3.8, 4) is 5.69 Å². The summed E-state index contributed by atoms with van der Waals surface area (Å²) >= 11 is 15.3. The van der Waals surface area contributed by atoms with E-state index in [1.165, 1.54) is 12.1 Å². The molecule has 0 N–H and O–H groups in total. The van der Waals surface area contributed by atoms with Gasteiger partial charge in [0.2, 0.25) is 0 Å². The van der Waals surface area contributed by atoms with Crippen LogP contribution in [0.15, 0.2) is 34.8 Å². The number of aryl methyl sites for hydroxylation is 1. The Kier molecular flexibility index (Phi) is 3.95. The van der Waals surface area contributed by atoms with Gasteiger partial charge in [0, 0.05) is 10.5 Å². The van der Waals surface area contributed by atoms with Crippen LogP contribution in [0, 0.1) is 12.7 Å². The third-order valence-corrected chi connectivity index (χ3v) is 4.31. The lowest BCUT2D eigenvalue weighted by molar-refractivity contribution is 0.629. The molecule has 0 fully saturated rings. The first-order valence-electron chi connectivity index (χ1n) is 6.20. The zero-order valence-electron chi connectivity index (χ0n) is 11.0. The molecule has 0 bridgehead atoms. The Morgan fingerprint density at radius 3 is 2.71 bits per heavy atom. The van der Waals surface area contributed by atoms with Gasteiger partial charge < -0.3 is 0 Å². The molecule has 3 rings (SSSR count). The van der Waals surface area contributed by atoms with Gasteiger partial charge in [0.05, 0.1) is 27.6 Å². The van der Waals surface area contributed by atoms with Gasteiger partial charge in [-0.3, -0.25) is 4.57 Å². The number of hydrogen-bond donors (Lipinski definition) is 0. The Hall–Kier alpha value is -1.10. The Bertz CT molecular complexity index is 845. The summed E-state index contributed by atoms with van der Waals surface area (Å²) in [7, 11) is 0. The fourth-order valence-corrected chi connectivity index (χ4v) is 3.16. The van der Waals surface area contributed by atoms with Gasteiger partial charge in [0.15, 0.2) is 0 Å². The number of fused-ring (bicyclic) bond motifs is 1. The quantitative estimate of drug-likeness (QED) is 0.521. The van der Waals surface area contributed by atoms with E-state index in [4.69, 9.17) is 23.2 Å². The minimum absolute atomic E-state index is 0.0563. The summed E-state index contributed by atoms with van der Waals surface area (Å²) in [4.78, 5) is 4.44. The lowest BCUT2D eigenvalue weighted by atomic mass is 10.2. The van der Waals surface area contributed by atoms with Gasteiger partial charge >= 0.3 is 0 Å². The highest BCUT2D eigenvalue weighted by Crippen LogP contribution is 2.29. The summed E-state index contributed by atoms with van der Waals surface area (Å²) in [6.45, 7) is 1.98. The highest BCUT2D eigenvalue weighted by molar-refractivity contribution is 9.10. The van der Waals surface area contributed by atoms with Crippen molar-refractivity contribution in [1.82, 2.24) is 9.55 Å². The normalized spacial score (nSPS) is 11.3. The van der Waals surface area contributed by atoms with Gasteiger partial charge in [-0.05, 0) is 36.8 Å². The number of halogens is 4. The number of benzene rings is 2. The van der Waals surface area contributed by atoms with Gasteiger partial charge in [0.1, 0.15) is 11.6 Å². The maximum absolute atomic E-state index is 13.8. The van der Waals surface area contributed by atoms with E-state index in [1.807, 2.05) is 29.7 Å². The molecule has 0 spiro atoms. The van der Waals surface area contributed by atoms with Gasteiger partial charge in [-0.2, -0.15) is 0 Å². The lowest BCUT2D eigenvalue weighted by Gasteiger charge is -2.11. The van der Waals surface area contributed by atoms with E-state index >= 15 is 0 Å². The molecule has 2 aromatic carbocycles. The van der Waals surface area contributed by atoms with E-state index < -0.39 is 5.82 Å². The van der Waals surface area contributed by atoms with Crippen LogP contribution in [-0.2, 0) is 5.88 Å². The molecule has 0 aliphatic heterocycles. The summed E-state index contributed by atoms with van der Waals surface area (Å²) < 4.78 is 16.7. The third-order valence-electron chi connectivity index (χ3n) is 3.29. The maximum atomic E-state index is 13.8. The van der Waals surface area contributed by atoms with E-state index in [-0.39, 0.29) is 10.9 Å². The molecule has 0 unspecified atom stereocenters. The Morgan fingerprint density at radius 1 is 1.29 bits per heavy atom. The van der Waals surface area contributed by atoms with Crippen LogP contribution in [0.4, 0.5) is 4.39 Å². The molecule has 0 amide bonds. The average Bonchev–Trinajstić information content (AvgIpc) is 2.77. The molecule has 0 saturated heterocycles. The second-order valence-corrected chi connectivity index (χ2v) is 6.27. The maximum Gasteiger partial charge on any atom is 0.144 e. The van der Waals surface area contributed by atoms with Crippen LogP contribution in [0.2, 0.25) is 5.02 Å². The molecule has 108 valence electrons. The zero-order chi connectivity index (χ0) is 15.1. The first-order chi connectivity index (χ1) is 10.0. The average molecular weight is 388 g/mol. The van der Waals surface area contributed by atoms with E-state index in [9.17, 15) is 4.39 Å². The van der Waals surface area contributed by atoms with Gasteiger partial charge in [-0.1, -0.05) is 27.5 Å². The molecule has 0 aliphatic carbocycles. The summed E-state index contributed by atoms with van der Waals surface area (Å²) in [6.07, 6.45) is 0. The number of alkyl halides is 1. The molecular formula is C15H10BrCl2FN2. The van der Waals surface area contributed by atoms with Crippen LogP contribution in [0.5, 0.6) is 0 Å². The van der Waals surface area contributed by atoms with E-state index in [1.54, 1.807) is 0 Å². The van der Waals surface area contributed by atoms with Crippen molar-refractivity contribution in [3.05, 3.63) is 57.0 Å². The van der Waals surface area contributed by atoms with Crippen molar-refractivity contribution in [3.63, 3.8) is 0 Å². The predicted molar refractivity (Wildman–Crippen MR) is 88.0 cm³/mol. The van der Waals surface area contributed by atoms with Crippen molar-refractivity contribution < 1.29 is 4.39 Å². The van der Waals surface area contributed by atoms with Crippen molar-refractivity contribution >= 4 is 50.2 Å². The predicted octanol–water partition coefficient (Wildman–Crippen LogP) is 5.63. The SMILES string of the molecule is Cc1cc(Br)ccc1-n1c(CCl)nc2cc(Cl)c(F)cc21. The molecule has 0 aliphatic rings.